The fraction of sp³-hybridized carbons (Fsp3) is 0.909. The van der Waals surface area contributed by atoms with Gasteiger partial charge in [-0.15, -0.1) is 11.6 Å². The molecule has 1 amide bonds. The lowest BCUT2D eigenvalue weighted by Crippen LogP contribution is -2.39. The first-order valence-electron chi connectivity index (χ1n) is 5.60. The fourth-order valence-corrected chi connectivity index (χ4v) is 1.60. The van der Waals surface area contributed by atoms with Crippen LogP contribution in [-0.4, -0.2) is 31.0 Å². The molecule has 2 unspecified atom stereocenters. The van der Waals surface area contributed by atoms with Crippen molar-refractivity contribution in [1.29, 1.82) is 0 Å². The van der Waals surface area contributed by atoms with Crippen LogP contribution in [0.1, 0.15) is 26.7 Å². The second-order valence-corrected chi connectivity index (χ2v) is 4.98. The summed E-state index contributed by atoms with van der Waals surface area (Å²) in [5, 5.41) is 2.90. The molecule has 0 aromatic heterocycles. The molecule has 4 heteroatoms. The van der Waals surface area contributed by atoms with Gasteiger partial charge >= 0.3 is 0 Å². The molecule has 0 saturated carbocycles. The Morgan fingerprint density at radius 2 is 2.33 bits per heavy atom. The normalized spacial score (nSPS) is 23.9. The van der Waals surface area contributed by atoms with Crippen LogP contribution in [0.15, 0.2) is 0 Å². The summed E-state index contributed by atoms with van der Waals surface area (Å²) in [4.78, 5) is 11.7. The highest BCUT2D eigenvalue weighted by molar-refractivity contribution is 6.21. The van der Waals surface area contributed by atoms with Crippen LogP contribution >= 0.6 is 11.6 Å². The number of ether oxygens (including phenoxy) is 1. The third-order valence-electron chi connectivity index (χ3n) is 2.73. The molecule has 1 rings (SSSR count). The molecule has 0 bridgehead atoms. The zero-order valence-electron chi connectivity index (χ0n) is 9.46. The highest BCUT2D eigenvalue weighted by atomic mass is 35.5. The third kappa shape index (κ3) is 4.39. The third-order valence-corrected chi connectivity index (χ3v) is 3.38. The summed E-state index contributed by atoms with van der Waals surface area (Å²) in [6.07, 6.45) is 1.91. The van der Waals surface area contributed by atoms with Crippen molar-refractivity contribution < 1.29 is 9.53 Å². The number of hydrogen-bond acceptors (Lipinski definition) is 2. The zero-order valence-corrected chi connectivity index (χ0v) is 10.2. The van der Waals surface area contributed by atoms with Crippen LogP contribution in [-0.2, 0) is 9.53 Å². The van der Waals surface area contributed by atoms with Gasteiger partial charge in [0, 0.05) is 13.2 Å². The maximum Gasteiger partial charge on any atom is 0.225 e. The summed E-state index contributed by atoms with van der Waals surface area (Å²) >= 11 is 6.05. The van der Waals surface area contributed by atoms with Gasteiger partial charge in [0.25, 0.3) is 0 Å². The largest absolute Gasteiger partial charge is 0.381 e. The topological polar surface area (TPSA) is 38.3 Å². The van der Waals surface area contributed by atoms with Gasteiger partial charge < -0.3 is 10.1 Å². The van der Waals surface area contributed by atoms with Gasteiger partial charge in [-0.1, -0.05) is 13.8 Å². The zero-order chi connectivity index (χ0) is 11.3. The number of alkyl halides is 1. The Labute approximate surface area is 96.5 Å². The summed E-state index contributed by atoms with van der Waals surface area (Å²) in [5.41, 5.74) is 0. The lowest BCUT2D eigenvalue weighted by molar-refractivity contribution is -0.128. The first-order chi connectivity index (χ1) is 7.11. The molecule has 1 aliphatic rings. The summed E-state index contributed by atoms with van der Waals surface area (Å²) < 4.78 is 5.26. The standard InChI is InChI=1S/C11H20ClNO2/c1-8(2)10(12)6-13-11(14)9-4-3-5-15-7-9/h8-10H,3-7H2,1-2H3,(H,13,14). The SMILES string of the molecule is CC(C)C(Cl)CNC(=O)C1CCCOC1. The van der Waals surface area contributed by atoms with Crippen molar-refractivity contribution in [3.05, 3.63) is 0 Å². The Balaban J connectivity index is 2.22. The second-order valence-electron chi connectivity index (χ2n) is 4.42. The summed E-state index contributed by atoms with van der Waals surface area (Å²) in [6.45, 7) is 5.99. The average Bonchev–Trinajstić information content (AvgIpc) is 2.26. The van der Waals surface area contributed by atoms with E-state index in [9.17, 15) is 4.79 Å². The van der Waals surface area contributed by atoms with Crippen molar-refractivity contribution in [2.24, 2.45) is 11.8 Å². The van der Waals surface area contributed by atoms with Crippen molar-refractivity contribution >= 4 is 17.5 Å². The van der Waals surface area contributed by atoms with Gasteiger partial charge in [0.1, 0.15) is 0 Å². The van der Waals surface area contributed by atoms with Gasteiger partial charge in [-0.3, -0.25) is 4.79 Å². The number of carbonyl (C=O) groups is 1. The molecule has 1 saturated heterocycles. The number of halogens is 1. The molecule has 88 valence electrons. The van der Waals surface area contributed by atoms with Gasteiger partial charge in [-0.25, -0.2) is 0 Å². The van der Waals surface area contributed by atoms with Gasteiger partial charge in [-0.05, 0) is 18.8 Å². The average molecular weight is 234 g/mol. The first-order valence-corrected chi connectivity index (χ1v) is 6.04. The minimum Gasteiger partial charge on any atom is -0.381 e. The van der Waals surface area contributed by atoms with Crippen LogP contribution in [0.25, 0.3) is 0 Å². The van der Waals surface area contributed by atoms with Crippen molar-refractivity contribution in [2.45, 2.75) is 32.1 Å². The number of carbonyl (C=O) groups excluding carboxylic acids is 1. The Kier molecular flexibility index (Phi) is 5.40. The molecular weight excluding hydrogens is 214 g/mol. The quantitative estimate of drug-likeness (QED) is 0.752. The minimum atomic E-state index is 0.0125. The van der Waals surface area contributed by atoms with E-state index < -0.39 is 0 Å². The lowest BCUT2D eigenvalue weighted by atomic mass is 10.0. The highest BCUT2D eigenvalue weighted by Crippen LogP contribution is 2.14. The van der Waals surface area contributed by atoms with E-state index in [1.54, 1.807) is 0 Å². The lowest BCUT2D eigenvalue weighted by Gasteiger charge is -2.22. The molecule has 3 nitrogen and oxygen atoms in total. The van der Waals surface area contributed by atoms with Crippen LogP contribution < -0.4 is 5.32 Å². The summed E-state index contributed by atoms with van der Waals surface area (Å²) in [6, 6.07) is 0. The van der Waals surface area contributed by atoms with Crippen LogP contribution in [0.5, 0.6) is 0 Å². The van der Waals surface area contributed by atoms with Crippen molar-refractivity contribution in [3.63, 3.8) is 0 Å². The van der Waals surface area contributed by atoms with E-state index >= 15 is 0 Å². The molecule has 0 aromatic carbocycles. The van der Waals surface area contributed by atoms with Crippen molar-refractivity contribution in [3.8, 4) is 0 Å². The number of rotatable bonds is 4. The Hall–Kier alpha value is -0.280. The van der Waals surface area contributed by atoms with Gasteiger partial charge in [0.15, 0.2) is 0 Å². The summed E-state index contributed by atoms with van der Waals surface area (Å²) in [5.74, 6) is 0.491. The second kappa shape index (κ2) is 6.33. The number of hydrogen-bond donors (Lipinski definition) is 1. The van der Waals surface area contributed by atoms with E-state index in [4.69, 9.17) is 16.3 Å². The molecule has 2 atom stereocenters. The van der Waals surface area contributed by atoms with E-state index in [-0.39, 0.29) is 17.2 Å². The minimum absolute atomic E-state index is 0.0125. The predicted octanol–water partition coefficient (Wildman–Crippen LogP) is 1.79. The first kappa shape index (κ1) is 12.8. The van der Waals surface area contributed by atoms with Crippen LogP contribution in [0.4, 0.5) is 0 Å². The number of nitrogens with one attached hydrogen (secondary N) is 1. The monoisotopic (exact) mass is 233 g/mol. The molecule has 0 aliphatic carbocycles. The maximum atomic E-state index is 11.7. The van der Waals surface area contributed by atoms with E-state index in [0.29, 0.717) is 19.1 Å². The fourth-order valence-electron chi connectivity index (χ4n) is 1.53. The molecule has 1 N–H and O–H groups in total. The smallest absolute Gasteiger partial charge is 0.225 e. The molecule has 0 radical (unpaired) electrons. The van der Waals surface area contributed by atoms with Crippen molar-refractivity contribution in [2.75, 3.05) is 19.8 Å². The van der Waals surface area contributed by atoms with Gasteiger partial charge in [-0.2, -0.15) is 0 Å². The van der Waals surface area contributed by atoms with E-state index in [1.807, 2.05) is 13.8 Å². The van der Waals surface area contributed by atoms with Crippen LogP contribution in [0.3, 0.4) is 0 Å². The molecule has 1 heterocycles. The predicted molar refractivity (Wildman–Crippen MR) is 61.0 cm³/mol. The Morgan fingerprint density at radius 3 is 2.87 bits per heavy atom. The van der Waals surface area contributed by atoms with E-state index in [0.717, 1.165) is 19.4 Å². The molecule has 0 aromatic rings. The number of amides is 1. The van der Waals surface area contributed by atoms with E-state index in [1.165, 1.54) is 0 Å². The highest BCUT2D eigenvalue weighted by Gasteiger charge is 2.22. The molecule has 15 heavy (non-hydrogen) atoms. The maximum absolute atomic E-state index is 11.7. The summed E-state index contributed by atoms with van der Waals surface area (Å²) in [7, 11) is 0. The van der Waals surface area contributed by atoms with Crippen LogP contribution in [0.2, 0.25) is 0 Å². The van der Waals surface area contributed by atoms with Gasteiger partial charge in [0.05, 0.1) is 17.9 Å². The van der Waals surface area contributed by atoms with E-state index in [2.05, 4.69) is 5.32 Å². The molecule has 1 fully saturated rings. The van der Waals surface area contributed by atoms with Crippen LogP contribution in [0, 0.1) is 11.8 Å². The molecule has 0 spiro atoms. The van der Waals surface area contributed by atoms with Crippen molar-refractivity contribution in [1.82, 2.24) is 5.32 Å². The Morgan fingerprint density at radius 1 is 1.60 bits per heavy atom. The molecular formula is C11H20ClNO2. The molecule has 1 aliphatic heterocycles. The van der Waals surface area contributed by atoms with Gasteiger partial charge in [0.2, 0.25) is 5.91 Å². The Bertz CT molecular complexity index is 203.